The molecule has 2 nitrogen and oxygen atoms in total. The number of nitrogens with zero attached hydrogens (tertiary/aromatic N) is 2. The summed E-state index contributed by atoms with van der Waals surface area (Å²) in [4.78, 5) is 4.48. The Morgan fingerprint density at radius 1 is 0.703 bits per heavy atom. The molecule has 0 N–H and O–H groups in total. The maximum absolute atomic E-state index is 2.43. The lowest BCUT2D eigenvalue weighted by molar-refractivity contribution is 1.11. The average Bonchev–Trinajstić information content (AvgIpc) is 3.57. The lowest BCUT2D eigenvalue weighted by Crippen LogP contribution is -2.28. The number of rotatable bonds is 5. The molecule has 2 aliphatic rings. The fraction of sp³-hybridized carbons (Fsp3) is 0.143. The molecule has 0 fully saturated rings. The molecule has 0 spiro atoms. The van der Waals surface area contributed by atoms with Crippen molar-refractivity contribution in [3.05, 3.63) is 136 Å². The van der Waals surface area contributed by atoms with Crippen LogP contribution in [0, 0.1) is 0 Å². The van der Waals surface area contributed by atoms with E-state index in [0.29, 0.717) is 0 Å². The molecule has 0 bridgehead atoms. The minimum atomic E-state index is 0.954. The Bertz CT molecular complexity index is 1630. The number of allylic oxidation sites excluding steroid dienone is 4. The van der Waals surface area contributed by atoms with Crippen LogP contribution in [-0.2, 0) is 0 Å². The van der Waals surface area contributed by atoms with Crippen LogP contribution in [0.5, 0.6) is 0 Å². The van der Waals surface area contributed by atoms with Gasteiger partial charge in [0.15, 0.2) is 0 Å². The third-order valence-corrected chi connectivity index (χ3v) is 7.42. The molecule has 0 atom stereocenters. The van der Waals surface area contributed by atoms with Crippen molar-refractivity contribution in [1.29, 1.82) is 0 Å². The second-order valence-electron chi connectivity index (χ2n) is 10.2. The predicted molar refractivity (Wildman–Crippen MR) is 160 cm³/mol. The van der Waals surface area contributed by atoms with E-state index in [2.05, 4.69) is 147 Å². The minimum absolute atomic E-state index is 0.954. The van der Waals surface area contributed by atoms with Gasteiger partial charge in [-0.3, -0.25) is 0 Å². The zero-order valence-corrected chi connectivity index (χ0v) is 22.0. The third kappa shape index (κ3) is 3.99. The lowest BCUT2D eigenvalue weighted by atomic mass is 9.89. The van der Waals surface area contributed by atoms with Crippen molar-refractivity contribution in [2.45, 2.75) is 6.42 Å². The quantitative estimate of drug-likeness (QED) is 0.295. The summed E-state index contributed by atoms with van der Waals surface area (Å²) in [5.74, 6) is 0. The summed E-state index contributed by atoms with van der Waals surface area (Å²) < 4.78 is 0. The first-order valence-electron chi connectivity index (χ1n) is 12.9. The molecule has 0 radical (unpaired) electrons. The first-order valence-corrected chi connectivity index (χ1v) is 12.9. The van der Waals surface area contributed by atoms with Crippen molar-refractivity contribution in [1.82, 2.24) is 0 Å². The van der Waals surface area contributed by atoms with E-state index in [-0.39, 0.29) is 0 Å². The second kappa shape index (κ2) is 9.29. The van der Waals surface area contributed by atoms with Crippen molar-refractivity contribution in [3.8, 4) is 11.1 Å². The third-order valence-electron chi connectivity index (χ3n) is 7.42. The van der Waals surface area contributed by atoms with Crippen LogP contribution in [0.3, 0.4) is 0 Å². The molecule has 4 aromatic carbocycles. The zero-order valence-electron chi connectivity index (χ0n) is 22.0. The van der Waals surface area contributed by atoms with Gasteiger partial charge in [0.25, 0.3) is 0 Å². The van der Waals surface area contributed by atoms with E-state index in [1.54, 1.807) is 0 Å². The Balaban J connectivity index is 1.80. The molecule has 6 rings (SSSR count). The van der Waals surface area contributed by atoms with Crippen molar-refractivity contribution in [2.75, 3.05) is 38.0 Å². The van der Waals surface area contributed by atoms with Crippen LogP contribution >= 0.6 is 0 Å². The molecule has 37 heavy (non-hydrogen) atoms. The van der Waals surface area contributed by atoms with Gasteiger partial charge in [-0.25, -0.2) is 0 Å². The number of benzene rings is 4. The normalized spacial score (nSPS) is 13.0. The Morgan fingerprint density at radius 2 is 1.38 bits per heavy atom. The largest absolute Gasteiger partial charge is 0.378 e. The highest BCUT2D eigenvalue weighted by Gasteiger charge is 2.24. The van der Waals surface area contributed by atoms with Crippen LogP contribution in [0.1, 0.15) is 28.7 Å². The van der Waals surface area contributed by atoms with E-state index < -0.39 is 0 Å². The van der Waals surface area contributed by atoms with E-state index in [1.165, 1.54) is 66.3 Å². The molecular weight excluding hydrogens is 448 g/mol. The first-order chi connectivity index (χ1) is 18.0. The predicted octanol–water partition coefficient (Wildman–Crippen LogP) is 6.22. The monoisotopic (exact) mass is 480 g/mol. The van der Waals surface area contributed by atoms with Gasteiger partial charge >= 0.3 is 0 Å². The van der Waals surface area contributed by atoms with E-state index in [4.69, 9.17) is 0 Å². The van der Waals surface area contributed by atoms with Gasteiger partial charge in [-0.1, -0.05) is 85.0 Å². The molecular formula is C35H32N2. The number of hydrogen-bond donors (Lipinski definition) is 0. The minimum Gasteiger partial charge on any atom is -0.378 e. The number of fused-ring (bicyclic) bond motifs is 3. The highest BCUT2D eigenvalue weighted by Crippen LogP contribution is 2.36. The Kier molecular flexibility index (Phi) is 5.81. The highest BCUT2D eigenvalue weighted by molar-refractivity contribution is 5.95. The van der Waals surface area contributed by atoms with Gasteiger partial charge < -0.3 is 9.80 Å². The summed E-state index contributed by atoms with van der Waals surface area (Å²) in [5, 5.41) is 2.59. The second-order valence-corrected chi connectivity index (χ2v) is 10.2. The highest BCUT2D eigenvalue weighted by atomic mass is 15.1. The molecule has 2 heteroatoms. The van der Waals surface area contributed by atoms with Crippen molar-refractivity contribution in [3.63, 3.8) is 0 Å². The zero-order chi connectivity index (χ0) is 25.5. The van der Waals surface area contributed by atoms with Crippen LogP contribution < -0.4 is 20.2 Å². The maximum Gasteiger partial charge on any atom is 0.0524 e. The molecule has 0 saturated carbocycles. The van der Waals surface area contributed by atoms with Crippen molar-refractivity contribution in [2.24, 2.45) is 0 Å². The average molecular weight is 481 g/mol. The van der Waals surface area contributed by atoms with Gasteiger partial charge in [0.2, 0.25) is 0 Å². The molecule has 2 aliphatic carbocycles. The number of hydrogen-bond acceptors (Lipinski definition) is 2. The van der Waals surface area contributed by atoms with Crippen molar-refractivity contribution < 1.29 is 0 Å². The van der Waals surface area contributed by atoms with Gasteiger partial charge in [0, 0.05) is 44.7 Å². The summed E-state index contributed by atoms with van der Waals surface area (Å²) in [6.07, 6.45) is 10.1. The SMILES string of the molecule is CN(C)c1ccc2c(c1)C=c1c-2cc(=C(c2ccccc2)c2ccccc2)c(N(C)C)c1C1=CC=CC1. The topological polar surface area (TPSA) is 6.48 Å². The molecule has 4 aromatic rings. The van der Waals surface area contributed by atoms with E-state index in [9.17, 15) is 0 Å². The van der Waals surface area contributed by atoms with Gasteiger partial charge in [-0.05, 0) is 74.9 Å². The summed E-state index contributed by atoms with van der Waals surface area (Å²) in [5.41, 5.74) is 12.8. The molecule has 0 amide bonds. The van der Waals surface area contributed by atoms with Gasteiger partial charge in [-0.15, -0.1) is 0 Å². The maximum atomic E-state index is 2.43. The lowest BCUT2D eigenvalue weighted by Gasteiger charge is -2.23. The molecule has 0 unspecified atom stereocenters. The standard InChI is InChI=1S/C35H32N2/c1-36(2)28-19-20-29-27(21-28)22-31-30(29)23-32(35(37(3)4)34(31)26-17-11-12-18-26)33(24-13-7-5-8-14-24)25-15-9-6-10-16-25/h5-17,19-23H,18H2,1-4H3. The summed E-state index contributed by atoms with van der Waals surface area (Å²) in [7, 11) is 8.57. The summed E-state index contributed by atoms with van der Waals surface area (Å²) in [6, 6.07) is 30.9. The van der Waals surface area contributed by atoms with Crippen LogP contribution in [0.4, 0.5) is 11.4 Å². The summed E-state index contributed by atoms with van der Waals surface area (Å²) >= 11 is 0. The Hall–Kier alpha value is -4.30. The van der Waals surface area contributed by atoms with Gasteiger partial charge in [-0.2, -0.15) is 0 Å². The molecule has 0 saturated heterocycles. The molecule has 0 aliphatic heterocycles. The van der Waals surface area contributed by atoms with E-state index in [0.717, 1.165) is 6.42 Å². The molecule has 182 valence electrons. The number of anilines is 2. The van der Waals surface area contributed by atoms with Crippen LogP contribution in [-0.4, -0.2) is 28.2 Å². The smallest absolute Gasteiger partial charge is 0.0524 e. The van der Waals surface area contributed by atoms with Gasteiger partial charge in [0.1, 0.15) is 0 Å². The molecule has 0 aromatic heterocycles. The Morgan fingerprint density at radius 3 is 1.95 bits per heavy atom. The van der Waals surface area contributed by atoms with E-state index >= 15 is 0 Å². The van der Waals surface area contributed by atoms with Crippen molar-refractivity contribution >= 4 is 28.6 Å². The fourth-order valence-electron chi connectivity index (χ4n) is 5.71. The molecule has 0 heterocycles. The summed E-state index contributed by atoms with van der Waals surface area (Å²) in [6.45, 7) is 0. The Labute approximate surface area is 219 Å². The van der Waals surface area contributed by atoms with Gasteiger partial charge in [0.05, 0.1) is 5.69 Å². The van der Waals surface area contributed by atoms with Crippen LogP contribution in [0.15, 0.2) is 103 Å². The first kappa shape index (κ1) is 23.1. The van der Waals surface area contributed by atoms with Crippen LogP contribution in [0.25, 0.3) is 28.3 Å². The van der Waals surface area contributed by atoms with E-state index in [1.807, 2.05) is 0 Å². The fourth-order valence-corrected chi connectivity index (χ4v) is 5.71. The van der Waals surface area contributed by atoms with Crippen LogP contribution in [0.2, 0.25) is 0 Å².